The number of carbonyl (C=O) groups excluding carboxylic acids is 1. The summed E-state index contributed by atoms with van der Waals surface area (Å²) >= 11 is 0. The highest BCUT2D eigenvalue weighted by Gasteiger charge is 2.36. The minimum absolute atomic E-state index is 0.000575. The molecule has 0 unspecified atom stereocenters. The van der Waals surface area contributed by atoms with Crippen LogP contribution in [0.1, 0.15) is 36.5 Å². The minimum atomic E-state index is -0.597. The first-order valence-electron chi connectivity index (χ1n) is 13.1. The molecule has 0 bridgehead atoms. The number of anilines is 3. The summed E-state index contributed by atoms with van der Waals surface area (Å²) in [7, 11) is 6.85. The predicted molar refractivity (Wildman–Crippen MR) is 151 cm³/mol. The fraction of sp³-hybridized carbons (Fsp3) is 0.333. The molecule has 2 heterocycles. The van der Waals surface area contributed by atoms with Gasteiger partial charge in [-0.3, -0.25) is 9.69 Å². The van der Waals surface area contributed by atoms with Crippen LogP contribution >= 0.6 is 0 Å². The van der Waals surface area contributed by atoms with E-state index in [9.17, 15) is 14.4 Å². The van der Waals surface area contributed by atoms with Gasteiger partial charge < -0.3 is 18.9 Å². The lowest BCUT2D eigenvalue weighted by Gasteiger charge is -2.27. The van der Waals surface area contributed by atoms with Crippen LogP contribution in [0.2, 0.25) is 0 Å². The van der Waals surface area contributed by atoms with E-state index < -0.39 is 5.82 Å². The van der Waals surface area contributed by atoms with Gasteiger partial charge in [0.15, 0.2) is 5.82 Å². The van der Waals surface area contributed by atoms with Gasteiger partial charge in [-0.2, -0.15) is 5.26 Å². The van der Waals surface area contributed by atoms with Gasteiger partial charge in [-0.05, 0) is 49.1 Å². The van der Waals surface area contributed by atoms with Gasteiger partial charge in [0.25, 0.3) is 0 Å². The lowest BCUT2D eigenvalue weighted by molar-refractivity contribution is -0.119. The molecule has 10 heteroatoms. The average Bonchev–Trinajstić information content (AvgIpc) is 3.77. The molecule has 1 amide bonds. The summed E-state index contributed by atoms with van der Waals surface area (Å²) in [6.07, 6.45) is 3.93. The zero-order chi connectivity index (χ0) is 28.6. The van der Waals surface area contributed by atoms with E-state index in [0.717, 1.165) is 29.5 Å². The lowest BCUT2D eigenvalue weighted by Crippen LogP contribution is -2.33. The van der Waals surface area contributed by atoms with E-state index in [4.69, 9.17) is 14.5 Å². The van der Waals surface area contributed by atoms with Crippen LogP contribution in [0.5, 0.6) is 11.5 Å². The van der Waals surface area contributed by atoms with Crippen molar-refractivity contribution >= 4 is 34.3 Å². The standard InChI is InChI=1S/C30H31FN6O3/c1-6-18-11-21(15-32)23(31)13-24(18)36(3)27-14-25-28(33-17-35(25)2)29(34-27)37(30(38)19-7-8-19)16-20-9-10-22(39-4)12-26(20)40-5/h9-14,17,19H,6-8,16H2,1-5H3. The van der Waals surface area contributed by atoms with Gasteiger partial charge in [-0.1, -0.05) is 6.92 Å². The molecule has 1 saturated carbocycles. The number of aromatic nitrogens is 3. The van der Waals surface area contributed by atoms with E-state index >= 15 is 0 Å². The second-order valence-corrected chi connectivity index (χ2v) is 9.89. The average molecular weight is 543 g/mol. The molecule has 2 aromatic heterocycles. The molecule has 0 radical (unpaired) electrons. The van der Waals surface area contributed by atoms with Gasteiger partial charge in [0, 0.05) is 43.4 Å². The molecule has 9 nitrogen and oxygen atoms in total. The number of amides is 1. The third-order valence-electron chi connectivity index (χ3n) is 7.33. The van der Waals surface area contributed by atoms with E-state index in [2.05, 4.69) is 4.98 Å². The number of benzene rings is 2. The fourth-order valence-corrected chi connectivity index (χ4v) is 4.83. The van der Waals surface area contributed by atoms with E-state index in [1.165, 1.54) is 6.07 Å². The van der Waals surface area contributed by atoms with Gasteiger partial charge in [-0.25, -0.2) is 14.4 Å². The van der Waals surface area contributed by atoms with Crippen LogP contribution in [0, 0.1) is 23.1 Å². The molecular formula is C30H31FN6O3. The number of rotatable bonds is 9. The maximum Gasteiger partial charge on any atom is 0.231 e. The van der Waals surface area contributed by atoms with E-state index in [1.807, 2.05) is 42.8 Å². The number of aryl methyl sites for hydroxylation is 2. The highest BCUT2D eigenvalue weighted by atomic mass is 19.1. The molecular weight excluding hydrogens is 511 g/mol. The van der Waals surface area contributed by atoms with Crippen LogP contribution in [0.4, 0.5) is 21.7 Å². The normalized spacial score (nSPS) is 12.7. The van der Waals surface area contributed by atoms with Crippen LogP contribution < -0.4 is 19.3 Å². The fourth-order valence-electron chi connectivity index (χ4n) is 4.83. The number of nitrogens with zero attached hydrogens (tertiary/aromatic N) is 6. The van der Waals surface area contributed by atoms with Gasteiger partial charge in [0.05, 0.1) is 38.2 Å². The van der Waals surface area contributed by atoms with Crippen LogP contribution in [0.25, 0.3) is 11.0 Å². The predicted octanol–water partition coefficient (Wildman–Crippen LogP) is 5.27. The van der Waals surface area contributed by atoms with E-state index in [1.54, 1.807) is 49.5 Å². The number of pyridine rings is 1. The van der Waals surface area contributed by atoms with Crippen molar-refractivity contribution in [3.05, 3.63) is 65.2 Å². The quantitative estimate of drug-likeness (QED) is 0.284. The van der Waals surface area contributed by atoms with Gasteiger partial charge >= 0.3 is 0 Å². The Morgan fingerprint density at radius 1 is 1.18 bits per heavy atom. The number of fused-ring (bicyclic) bond motifs is 1. The summed E-state index contributed by atoms with van der Waals surface area (Å²) in [5.74, 6) is 1.47. The van der Waals surface area contributed by atoms with Crippen molar-refractivity contribution in [2.75, 3.05) is 31.1 Å². The Morgan fingerprint density at radius 2 is 1.95 bits per heavy atom. The maximum absolute atomic E-state index is 14.7. The molecule has 0 saturated heterocycles. The Morgan fingerprint density at radius 3 is 2.60 bits per heavy atom. The Balaban J connectivity index is 1.66. The Bertz CT molecular complexity index is 1640. The second-order valence-electron chi connectivity index (χ2n) is 9.89. The zero-order valence-corrected chi connectivity index (χ0v) is 23.2. The van der Waals surface area contributed by atoms with Crippen LogP contribution in [-0.2, 0) is 24.8 Å². The van der Waals surface area contributed by atoms with Gasteiger partial charge in [-0.15, -0.1) is 0 Å². The SMILES string of the molecule is CCc1cc(C#N)c(F)cc1N(C)c1cc2c(ncn2C)c(N(Cc2ccc(OC)cc2OC)C(=O)C2CC2)n1. The Kier molecular flexibility index (Phi) is 7.30. The first-order valence-corrected chi connectivity index (χ1v) is 13.1. The smallest absolute Gasteiger partial charge is 0.231 e. The van der Waals surface area contributed by atoms with Crippen LogP contribution in [0.3, 0.4) is 0 Å². The van der Waals surface area contributed by atoms with Crippen molar-refractivity contribution in [3.63, 3.8) is 0 Å². The molecule has 1 fully saturated rings. The third kappa shape index (κ3) is 4.91. The third-order valence-corrected chi connectivity index (χ3v) is 7.33. The van der Waals surface area contributed by atoms with E-state index in [-0.39, 0.29) is 23.9 Å². The van der Waals surface area contributed by atoms with Crippen molar-refractivity contribution < 1.29 is 18.7 Å². The summed E-state index contributed by atoms with van der Waals surface area (Å²) in [5.41, 5.74) is 3.56. The number of hydrogen-bond acceptors (Lipinski definition) is 7. The molecule has 0 aliphatic heterocycles. The molecule has 1 aliphatic carbocycles. The largest absolute Gasteiger partial charge is 0.497 e. The monoisotopic (exact) mass is 542 g/mol. The van der Waals surface area contributed by atoms with Gasteiger partial charge in [0.2, 0.25) is 5.91 Å². The summed E-state index contributed by atoms with van der Waals surface area (Å²) in [4.78, 5) is 26.8. The summed E-state index contributed by atoms with van der Waals surface area (Å²) in [5, 5.41) is 9.32. The molecule has 4 aromatic rings. The van der Waals surface area contributed by atoms with Crippen molar-refractivity contribution in [1.29, 1.82) is 5.26 Å². The summed E-state index contributed by atoms with van der Waals surface area (Å²) in [6, 6.07) is 12.2. The Labute approximate surface area is 232 Å². The number of carbonyl (C=O) groups is 1. The molecule has 206 valence electrons. The number of hydrogen-bond donors (Lipinski definition) is 0. The molecule has 0 spiro atoms. The van der Waals surface area contributed by atoms with Crippen molar-refractivity contribution in [2.24, 2.45) is 13.0 Å². The summed E-state index contributed by atoms with van der Waals surface area (Å²) in [6.45, 7) is 2.17. The van der Waals surface area contributed by atoms with Crippen molar-refractivity contribution in [3.8, 4) is 17.6 Å². The zero-order valence-electron chi connectivity index (χ0n) is 23.2. The van der Waals surface area contributed by atoms with Crippen molar-refractivity contribution in [1.82, 2.24) is 14.5 Å². The lowest BCUT2D eigenvalue weighted by atomic mass is 10.1. The summed E-state index contributed by atoms with van der Waals surface area (Å²) < 4.78 is 27.6. The number of nitriles is 1. The molecule has 5 rings (SSSR count). The van der Waals surface area contributed by atoms with Gasteiger partial charge in [0.1, 0.15) is 34.7 Å². The highest BCUT2D eigenvalue weighted by molar-refractivity contribution is 6.02. The first-order chi connectivity index (χ1) is 19.3. The molecule has 0 N–H and O–H groups in total. The first kappa shape index (κ1) is 26.9. The second kappa shape index (κ2) is 10.8. The molecule has 1 aliphatic rings. The number of ether oxygens (including phenoxy) is 2. The van der Waals surface area contributed by atoms with Crippen molar-refractivity contribution in [2.45, 2.75) is 32.7 Å². The molecule has 0 atom stereocenters. The highest BCUT2D eigenvalue weighted by Crippen LogP contribution is 2.38. The maximum atomic E-state index is 14.7. The Hall–Kier alpha value is -4.65. The van der Waals surface area contributed by atoms with Crippen LogP contribution in [-0.4, -0.2) is 41.7 Å². The minimum Gasteiger partial charge on any atom is -0.497 e. The molecule has 2 aromatic carbocycles. The van der Waals surface area contributed by atoms with E-state index in [0.29, 0.717) is 40.8 Å². The molecule has 40 heavy (non-hydrogen) atoms. The topological polar surface area (TPSA) is 96.5 Å². The number of methoxy groups -OCH3 is 2. The number of halogens is 1. The van der Waals surface area contributed by atoms with Crippen LogP contribution in [0.15, 0.2) is 42.7 Å². The number of imidazole rings is 1.